The fraction of sp³-hybridized carbons (Fsp3) is 0.750. The summed E-state index contributed by atoms with van der Waals surface area (Å²) >= 11 is 0. The van der Waals surface area contributed by atoms with Gasteiger partial charge in [-0.1, -0.05) is 26.8 Å². The van der Waals surface area contributed by atoms with Gasteiger partial charge in [-0.15, -0.1) is 0 Å². The van der Waals surface area contributed by atoms with Crippen molar-refractivity contribution in [1.29, 1.82) is 0 Å². The molecular weight excluding hydrogens is 176 g/mol. The summed E-state index contributed by atoms with van der Waals surface area (Å²) in [6, 6.07) is 0. The largest absolute Gasteiger partial charge is 0.459 e. The summed E-state index contributed by atoms with van der Waals surface area (Å²) in [6.45, 7) is 7.82. The zero-order chi connectivity index (χ0) is 10.6. The SMILES string of the molecule is C=C(CC)C(=O)OC1CCCC(C)C1. The summed E-state index contributed by atoms with van der Waals surface area (Å²) < 4.78 is 5.38. The van der Waals surface area contributed by atoms with E-state index in [1.54, 1.807) is 0 Å². The molecule has 1 rings (SSSR count). The highest BCUT2D eigenvalue weighted by Gasteiger charge is 2.22. The Morgan fingerprint density at radius 3 is 2.79 bits per heavy atom. The number of hydrogen-bond acceptors (Lipinski definition) is 2. The molecule has 1 aliphatic rings. The molecule has 0 aromatic heterocycles. The third-order valence-electron chi connectivity index (χ3n) is 2.88. The van der Waals surface area contributed by atoms with Gasteiger partial charge in [0.2, 0.25) is 0 Å². The average Bonchev–Trinajstić information content (AvgIpc) is 2.16. The summed E-state index contributed by atoms with van der Waals surface area (Å²) in [5.74, 6) is 0.489. The van der Waals surface area contributed by atoms with Gasteiger partial charge in [-0.2, -0.15) is 0 Å². The van der Waals surface area contributed by atoms with Crippen LogP contribution in [0.2, 0.25) is 0 Å². The van der Waals surface area contributed by atoms with Crippen LogP contribution in [0.15, 0.2) is 12.2 Å². The highest BCUT2D eigenvalue weighted by Crippen LogP contribution is 2.26. The minimum absolute atomic E-state index is 0.134. The van der Waals surface area contributed by atoms with Gasteiger partial charge < -0.3 is 4.74 Å². The van der Waals surface area contributed by atoms with Crippen LogP contribution < -0.4 is 0 Å². The molecule has 0 radical (unpaired) electrons. The first kappa shape index (κ1) is 11.3. The first-order chi connectivity index (χ1) is 6.63. The third kappa shape index (κ3) is 3.17. The van der Waals surface area contributed by atoms with E-state index in [2.05, 4.69) is 13.5 Å². The van der Waals surface area contributed by atoms with Crippen LogP contribution in [0.4, 0.5) is 0 Å². The molecule has 0 bridgehead atoms. The molecule has 80 valence electrons. The molecule has 0 N–H and O–H groups in total. The van der Waals surface area contributed by atoms with Crippen LogP contribution in [0.25, 0.3) is 0 Å². The molecule has 1 fully saturated rings. The van der Waals surface area contributed by atoms with Gasteiger partial charge >= 0.3 is 5.97 Å². The number of hydrogen-bond donors (Lipinski definition) is 0. The van der Waals surface area contributed by atoms with E-state index in [1.165, 1.54) is 12.8 Å². The van der Waals surface area contributed by atoms with Crippen LogP contribution in [0.5, 0.6) is 0 Å². The van der Waals surface area contributed by atoms with Crippen LogP contribution >= 0.6 is 0 Å². The Balaban J connectivity index is 2.36. The monoisotopic (exact) mass is 196 g/mol. The molecule has 2 nitrogen and oxygen atoms in total. The van der Waals surface area contributed by atoms with E-state index in [9.17, 15) is 4.79 Å². The molecule has 14 heavy (non-hydrogen) atoms. The van der Waals surface area contributed by atoms with Crippen molar-refractivity contribution >= 4 is 5.97 Å². The van der Waals surface area contributed by atoms with Crippen molar-refractivity contribution in [2.45, 2.75) is 52.1 Å². The van der Waals surface area contributed by atoms with E-state index in [1.807, 2.05) is 6.92 Å². The predicted octanol–water partition coefficient (Wildman–Crippen LogP) is 3.07. The Labute approximate surface area is 86.3 Å². The summed E-state index contributed by atoms with van der Waals surface area (Å²) in [5.41, 5.74) is 0.586. The van der Waals surface area contributed by atoms with Crippen molar-refractivity contribution in [2.24, 2.45) is 5.92 Å². The normalized spacial score (nSPS) is 27.0. The molecule has 0 amide bonds. The van der Waals surface area contributed by atoms with Gasteiger partial charge in [0.1, 0.15) is 6.10 Å². The Bertz CT molecular complexity index is 220. The van der Waals surface area contributed by atoms with Gasteiger partial charge in [-0.05, 0) is 31.6 Å². The smallest absolute Gasteiger partial charge is 0.333 e. The van der Waals surface area contributed by atoms with E-state index in [4.69, 9.17) is 4.74 Å². The number of carbonyl (C=O) groups excluding carboxylic acids is 1. The summed E-state index contributed by atoms with van der Waals surface area (Å²) in [4.78, 5) is 11.4. The molecule has 2 heteroatoms. The molecule has 1 aliphatic carbocycles. The quantitative estimate of drug-likeness (QED) is 0.512. The summed E-state index contributed by atoms with van der Waals surface area (Å²) in [7, 11) is 0. The van der Waals surface area contributed by atoms with E-state index < -0.39 is 0 Å². The van der Waals surface area contributed by atoms with E-state index >= 15 is 0 Å². The highest BCUT2D eigenvalue weighted by atomic mass is 16.5. The van der Waals surface area contributed by atoms with Crippen molar-refractivity contribution in [1.82, 2.24) is 0 Å². The second kappa shape index (κ2) is 5.18. The summed E-state index contributed by atoms with van der Waals surface area (Å²) in [5, 5.41) is 0. The molecule has 0 heterocycles. The number of carbonyl (C=O) groups is 1. The Morgan fingerprint density at radius 2 is 2.21 bits per heavy atom. The lowest BCUT2D eigenvalue weighted by Crippen LogP contribution is -2.24. The Kier molecular flexibility index (Phi) is 4.18. The maximum Gasteiger partial charge on any atom is 0.333 e. The predicted molar refractivity (Wildman–Crippen MR) is 56.9 cm³/mol. The van der Waals surface area contributed by atoms with Gasteiger partial charge in [-0.25, -0.2) is 4.79 Å². The lowest BCUT2D eigenvalue weighted by molar-refractivity contribution is -0.146. The van der Waals surface area contributed by atoms with Crippen LogP contribution in [0, 0.1) is 5.92 Å². The fourth-order valence-electron chi connectivity index (χ4n) is 1.86. The summed E-state index contributed by atoms with van der Waals surface area (Å²) in [6.07, 6.45) is 5.30. The van der Waals surface area contributed by atoms with Crippen molar-refractivity contribution in [3.05, 3.63) is 12.2 Å². The first-order valence-corrected chi connectivity index (χ1v) is 5.52. The molecule has 2 unspecified atom stereocenters. The Hall–Kier alpha value is -0.790. The maximum atomic E-state index is 11.4. The average molecular weight is 196 g/mol. The van der Waals surface area contributed by atoms with Crippen molar-refractivity contribution in [3.63, 3.8) is 0 Å². The fourth-order valence-corrected chi connectivity index (χ4v) is 1.86. The molecule has 0 saturated heterocycles. The highest BCUT2D eigenvalue weighted by molar-refractivity contribution is 5.87. The van der Waals surface area contributed by atoms with Gasteiger partial charge in [0.25, 0.3) is 0 Å². The second-order valence-electron chi connectivity index (χ2n) is 4.26. The van der Waals surface area contributed by atoms with E-state index in [0.717, 1.165) is 12.8 Å². The van der Waals surface area contributed by atoms with Crippen LogP contribution in [0.3, 0.4) is 0 Å². The molecule has 0 aliphatic heterocycles. The maximum absolute atomic E-state index is 11.4. The lowest BCUT2D eigenvalue weighted by Gasteiger charge is -2.26. The van der Waals surface area contributed by atoms with Crippen LogP contribution in [-0.4, -0.2) is 12.1 Å². The van der Waals surface area contributed by atoms with Crippen LogP contribution in [-0.2, 0) is 9.53 Å². The topological polar surface area (TPSA) is 26.3 Å². The van der Waals surface area contributed by atoms with Gasteiger partial charge in [0, 0.05) is 5.57 Å². The van der Waals surface area contributed by atoms with Crippen molar-refractivity contribution < 1.29 is 9.53 Å². The minimum atomic E-state index is -0.202. The number of esters is 1. The van der Waals surface area contributed by atoms with Crippen molar-refractivity contribution in [3.8, 4) is 0 Å². The molecular formula is C12H20O2. The number of rotatable bonds is 3. The number of ether oxygens (including phenoxy) is 1. The third-order valence-corrected chi connectivity index (χ3v) is 2.88. The van der Waals surface area contributed by atoms with Gasteiger partial charge in [0.05, 0.1) is 0 Å². The molecule has 0 spiro atoms. The Morgan fingerprint density at radius 1 is 1.50 bits per heavy atom. The van der Waals surface area contributed by atoms with Crippen LogP contribution in [0.1, 0.15) is 46.0 Å². The standard InChI is InChI=1S/C12H20O2/c1-4-10(3)12(13)14-11-7-5-6-9(2)8-11/h9,11H,3-8H2,1-2H3. The second-order valence-corrected chi connectivity index (χ2v) is 4.26. The van der Waals surface area contributed by atoms with Gasteiger partial charge in [-0.3, -0.25) is 0 Å². The van der Waals surface area contributed by atoms with Crippen molar-refractivity contribution in [2.75, 3.05) is 0 Å². The lowest BCUT2D eigenvalue weighted by atomic mass is 9.89. The minimum Gasteiger partial charge on any atom is -0.459 e. The van der Waals surface area contributed by atoms with E-state index in [0.29, 0.717) is 17.9 Å². The zero-order valence-electron chi connectivity index (χ0n) is 9.21. The van der Waals surface area contributed by atoms with Gasteiger partial charge in [0.15, 0.2) is 0 Å². The zero-order valence-corrected chi connectivity index (χ0v) is 9.21. The molecule has 0 aromatic rings. The molecule has 1 saturated carbocycles. The molecule has 2 atom stereocenters. The molecule has 0 aromatic carbocycles. The first-order valence-electron chi connectivity index (χ1n) is 5.52. The van der Waals surface area contributed by atoms with E-state index in [-0.39, 0.29) is 12.1 Å².